The lowest BCUT2D eigenvalue weighted by Gasteiger charge is -2.17. The first-order valence-corrected chi connectivity index (χ1v) is 20.8. The third kappa shape index (κ3) is 23.5. The molecule has 0 aliphatic carbocycles. The zero-order valence-electron chi connectivity index (χ0n) is 31.1. The molecule has 0 saturated heterocycles. The van der Waals surface area contributed by atoms with Crippen LogP contribution in [0.2, 0.25) is 0 Å². The first kappa shape index (κ1) is 41.2. The van der Waals surface area contributed by atoms with Crippen LogP contribution in [0.4, 0.5) is 0 Å². The number of nitrogens with zero attached hydrogens (tertiary/aromatic N) is 1. The molecule has 0 fully saturated rings. The quantitative estimate of drug-likeness (QED) is 0.0579. The average molecular weight is 616 g/mol. The van der Waals surface area contributed by atoms with Crippen LogP contribution in [0.3, 0.4) is 0 Å². The number of H-pyrrole nitrogens is 1. The first-order chi connectivity index (χ1) is 21.7. The number of aromatic amines is 1. The van der Waals surface area contributed by atoms with E-state index in [0.29, 0.717) is 12.0 Å². The molecule has 2 atom stereocenters. The van der Waals surface area contributed by atoms with Crippen LogP contribution in [0, 0.1) is 0 Å². The maximum absolute atomic E-state index is 3.71. The van der Waals surface area contributed by atoms with E-state index < -0.39 is 0 Å². The van der Waals surface area contributed by atoms with Crippen LogP contribution in [0.15, 0.2) is 12.4 Å². The summed E-state index contributed by atoms with van der Waals surface area (Å²) in [5.74, 6) is 2.23. The van der Waals surface area contributed by atoms with Crippen molar-refractivity contribution in [2.24, 2.45) is 0 Å². The van der Waals surface area contributed by atoms with Gasteiger partial charge >= 0.3 is 0 Å². The molecule has 1 rings (SSSR count). The molecule has 0 amide bonds. The van der Waals surface area contributed by atoms with E-state index in [1.807, 2.05) is 0 Å². The van der Waals surface area contributed by atoms with Gasteiger partial charge in [0.1, 0.15) is 12.4 Å². The summed E-state index contributed by atoms with van der Waals surface area (Å²) in [5.41, 5.74) is 0. The van der Waals surface area contributed by atoms with Gasteiger partial charge in [0, 0.05) is 0 Å². The minimum absolute atomic E-state index is 0.620. The van der Waals surface area contributed by atoms with E-state index in [0.717, 1.165) is 0 Å². The monoisotopic (exact) mass is 616 g/mol. The van der Waals surface area contributed by atoms with E-state index in [1.165, 1.54) is 218 Å². The molecule has 1 aromatic rings. The van der Waals surface area contributed by atoms with Crippen molar-refractivity contribution in [1.29, 1.82) is 0 Å². The van der Waals surface area contributed by atoms with Crippen molar-refractivity contribution in [3.05, 3.63) is 18.2 Å². The van der Waals surface area contributed by atoms with Crippen LogP contribution < -0.4 is 4.57 Å². The molecule has 0 saturated carbocycles. The Kier molecular flexibility index (Phi) is 30.1. The molecule has 0 radical (unpaired) electrons. The van der Waals surface area contributed by atoms with Crippen molar-refractivity contribution in [3.8, 4) is 0 Å². The van der Waals surface area contributed by atoms with Gasteiger partial charge in [0.2, 0.25) is 0 Å². The van der Waals surface area contributed by atoms with Gasteiger partial charge in [-0.05, 0) is 32.6 Å². The van der Waals surface area contributed by atoms with Crippen molar-refractivity contribution in [3.63, 3.8) is 0 Å². The molecule has 2 unspecified atom stereocenters. The lowest BCUT2D eigenvalue weighted by atomic mass is 9.93. The number of aromatic nitrogens is 2. The van der Waals surface area contributed by atoms with E-state index in [9.17, 15) is 0 Å². The summed E-state index contributed by atoms with van der Waals surface area (Å²) in [6.07, 6.45) is 51.7. The van der Waals surface area contributed by atoms with Crippen molar-refractivity contribution in [1.82, 2.24) is 4.98 Å². The lowest BCUT2D eigenvalue weighted by molar-refractivity contribution is -0.727. The molecule has 2 heteroatoms. The van der Waals surface area contributed by atoms with Gasteiger partial charge in [0.25, 0.3) is 5.82 Å². The molecule has 260 valence electrons. The summed E-state index contributed by atoms with van der Waals surface area (Å²) in [6, 6.07) is 0.620. The van der Waals surface area contributed by atoms with Gasteiger partial charge in [-0.2, -0.15) is 0 Å². The fraction of sp³-hybridized carbons (Fsp3) is 0.929. The SMILES string of the molecule is CCCCCCCCCCCCCCCCCCC(CCCC)c1[nH]cc[n+]1C(C)CCCCCCCCCCCCCC. The standard InChI is InChI=1S/C42H82N2/c1-5-8-11-13-15-17-19-21-22-23-24-26-28-30-32-34-37-41(36-10-7-3)42-43-38-39-44(42)40(4)35-33-31-29-27-25-20-18-16-14-12-9-6-2/h38-41H,5-37H2,1-4H3/p+1. The highest BCUT2D eigenvalue weighted by molar-refractivity contribution is 4.90. The van der Waals surface area contributed by atoms with Gasteiger partial charge in [-0.1, -0.05) is 207 Å². The Labute approximate surface area is 278 Å². The number of nitrogens with one attached hydrogen (secondary N) is 1. The highest BCUT2D eigenvalue weighted by Crippen LogP contribution is 2.27. The zero-order chi connectivity index (χ0) is 31.8. The Morgan fingerprint density at radius 2 is 0.750 bits per heavy atom. The largest absolute Gasteiger partial charge is 0.257 e. The van der Waals surface area contributed by atoms with Gasteiger partial charge in [-0.3, -0.25) is 0 Å². The number of hydrogen-bond acceptors (Lipinski definition) is 0. The summed E-state index contributed by atoms with van der Waals surface area (Å²) >= 11 is 0. The maximum atomic E-state index is 3.71. The number of hydrogen-bond donors (Lipinski definition) is 1. The summed E-state index contributed by atoms with van der Waals surface area (Å²) in [4.78, 5) is 3.71. The molecule has 2 nitrogen and oxygen atoms in total. The predicted molar refractivity (Wildman–Crippen MR) is 198 cm³/mol. The molecule has 1 N–H and O–H groups in total. The fourth-order valence-corrected chi connectivity index (χ4v) is 7.30. The summed E-state index contributed by atoms with van der Waals surface area (Å²) in [6.45, 7) is 9.43. The minimum Gasteiger partial charge on any atom is -0.247 e. The van der Waals surface area contributed by atoms with E-state index in [2.05, 4.69) is 49.6 Å². The first-order valence-electron chi connectivity index (χ1n) is 20.8. The third-order valence-electron chi connectivity index (χ3n) is 10.4. The van der Waals surface area contributed by atoms with Gasteiger partial charge in [0.15, 0.2) is 0 Å². The summed E-state index contributed by atoms with van der Waals surface area (Å²) in [7, 11) is 0. The Hall–Kier alpha value is -0.790. The van der Waals surface area contributed by atoms with Crippen LogP contribution in [0.5, 0.6) is 0 Å². The predicted octanol–water partition coefficient (Wildman–Crippen LogP) is 14.9. The summed E-state index contributed by atoms with van der Waals surface area (Å²) in [5, 5.41) is 0. The Morgan fingerprint density at radius 3 is 1.14 bits per heavy atom. The Balaban J connectivity index is 2.15. The second-order valence-electron chi connectivity index (χ2n) is 14.7. The Bertz CT molecular complexity index is 679. The molecule has 0 spiro atoms. The van der Waals surface area contributed by atoms with Crippen molar-refractivity contribution < 1.29 is 4.57 Å². The molecule has 44 heavy (non-hydrogen) atoms. The number of rotatable bonds is 35. The van der Waals surface area contributed by atoms with E-state index in [-0.39, 0.29) is 0 Å². The van der Waals surface area contributed by atoms with Crippen molar-refractivity contribution in [2.45, 2.75) is 252 Å². The van der Waals surface area contributed by atoms with E-state index in [4.69, 9.17) is 0 Å². The highest BCUT2D eigenvalue weighted by Gasteiger charge is 2.25. The molecule has 0 aromatic carbocycles. The molecule has 1 aromatic heterocycles. The second kappa shape index (κ2) is 32.2. The molecule has 0 aliphatic heterocycles. The zero-order valence-corrected chi connectivity index (χ0v) is 31.1. The van der Waals surface area contributed by atoms with Crippen LogP contribution in [-0.4, -0.2) is 4.98 Å². The van der Waals surface area contributed by atoms with Gasteiger partial charge in [-0.15, -0.1) is 0 Å². The van der Waals surface area contributed by atoms with Crippen LogP contribution in [0.25, 0.3) is 0 Å². The minimum atomic E-state index is 0.620. The Morgan fingerprint density at radius 1 is 0.432 bits per heavy atom. The molecular formula is C42H83N2+. The van der Waals surface area contributed by atoms with Crippen LogP contribution >= 0.6 is 0 Å². The average Bonchev–Trinajstić information content (AvgIpc) is 3.53. The normalized spacial score (nSPS) is 13.1. The molecular weight excluding hydrogens is 532 g/mol. The number of imidazole rings is 1. The highest BCUT2D eigenvalue weighted by atomic mass is 15.1. The van der Waals surface area contributed by atoms with Gasteiger partial charge in [-0.25, -0.2) is 9.55 Å². The van der Waals surface area contributed by atoms with Crippen LogP contribution in [0.1, 0.15) is 257 Å². The van der Waals surface area contributed by atoms with Gasteiger partial charge < -0.3 is 0 Å². The lowest BCUT2D eigenvalue weighted by Crippen LogP contribution is -2.41. The van der Waals surface area contributed by atoms with E-state index >= 15 is 0 Å². The second-order valence-corrected chi connectivity index (χ2v) is 14.7. The third-order valence-corrected chi connectivity index (χ3v) is 10.4. The van der Waals surface area contributed by atoms with Gasteiger partial charge in [0.05, 0.1) is 12.0 Å². The fourth-order valence-electron chi connectivity index (χ4n) is 7.30. The van der Waals surface area contributed by atoms with E-state index in [1.54, 1.807) is 0 Å². The topological polar surface area (TPSA) is 19.7 Å². The molecule has 0 bridgehead atoms. The van der Waals surface area contributed by atoms with Crippen molar-refractivity contribution >= 4 is 0 Å². The maximum Gasteiger partial charge on any atom is 0.257 e. The molecule has 1 heterocycles. The smallest absolute Gasteiger partial charge is 0.247 e. The molecule has 0 aliphatic rings. The number of unbranched alkanes of at least 4 members (excludes halogenated alkanes) is 27. The summed E-state index contributed by atoms with van der Waals surface area (Å²) < 4.78 is 2.62. The van der Waals surface area contributed by atoms with Crippen LogP contribution in [-0.2, 0) is 0 Å². The van der Waals surface area contributed by atoms with Crippen molar-refractivity contribution in [2.75, 3.05) is 0 Å².